The first-order valence-corrected chi connectivity index (χ1v) is 7.78. The van der Waals surface area contributed by atoms with Crippen molar-refractivity contribution in [2.75, 3.05) is 0 Å². The number of halogens is 1. The first-order valence-electron chi connectivity index (χ1n) is 7.40. The number of aromatic nitrogens is 3. The zero-order chi connectivity index (χ0) is 17.1. The number of nitrogen functional groups attached to an aromatic ring is 1. The Balaban J connectivity index is 1.99. The van der Waals surface area contributed by atoms with Gasteiger partial charge in [0.2, 0.25) is 5.96 Å². The number of benzene rings is 1. The fourth-order valence-electron chi connectivity index (χ4n) is 2.56. The quantitative estimate of drug-likeness (QED) is 0.501. The molecule has 1 aromatic carbocycles. The predicted molar refractivity (Wildman–Crippen MR) is 94.5 cm³/mol. The van der Waals surface area contributed by atoms with E-state index >= 15 is 0 Å². The van der Waals surface area contributed by atoms with E-state index in [0.717, 1.165) is 10.2 Å². The number of nitrogens with one attached hydrogen (secondary N) is 2. The van der Waals surface area contributed by atoms with Gasteiger partial charge in [0.25, 0.3) is 5.56 Å². The Labute approximate surface area is 143 Å². The van der Waals surface area contributed by atoms with Crippen LogP contribution in [0.1, 0.15) is 11.1 Å². The minimum atomic E-state index is -0.355. The molecule has 0 amide bonds. The highest BCUT2D eigenvalue weighted by atomic mass is 35.5. The minimum Gasteiger partial charge on any atom is -0.368 e. The Hall–Kier alpha value is -2.86. The molecule has 122 valence electrons. The molecule has 2 heterocycles. The lowest BCUT2D eigenvalue weighted by atomic mass is 10.0. The van der Waals surface area contributed by atoms with Crippen molar-refractivity contribution in [1.82, 2.24) is 14.8 Å². The zero-order valence-corrected chi connectivity index (χ0v) is 13.5. The number of H-pyrrole nitrogens is 1. The van der Waals surface area contributed by atoms with Gasteiger partial charge in [-0.25, -0.2) is 0 Å². The van der Waals surface area contributed by atoms with E-state index < -0.39 is 0 Å². The molecule has 0 fully saturated rings. The van der Waals surface area contributed by atoms with Gasteiger partial charge in [-0.05, 0) is 42.7 Å². The van der Waals surface area contributed by atoms with Crippen LogP contribution in [0.15, 0.2) is 53.5 Å². The van der Waals surface area contributed by atoms with E-state index in [4.69, 9.17) is 22.7 Å². The summed E-state index contributed by atoms with van der Waals surface area (Å²) in [4.78, 5) is 16.8. The predicted octanol–water partition coefficient (Wildman–Crippen LogP) is 2.42. The van der Waals surface area contributed by atoms with Crippen LogP contribution in [0.25, 0.3) is 11.4 Å². The van der Waals surface area contributed by atoms with Gasteiger partial charge in [0.15, 0.2) is 0 Å². The lowest BCUT2D eigenvalue weighted by Crippen LogP contribution is -2.31. The first kappa shape index (κ1) is 16.0. The van der Waals surface area contributed by atoms with Crippen LogP contribution in [-0.4, -0.2) is 20.7 Å². The third-order valence-corrected chi connectivity index (χ3v) is 3.94. The molecule has 3 rings (SSSR count). The van der Waals surface area contributed by atoms with Crippen LogP contribution >= 0.6 is 11.6 Å². The highest BCUT2D eigenvalue weighted by molar-refractivity contribution is 6.30. The monoisotopic (exact) mass is 341 g/mol. The first-order chi connectivity index (χ1) is 11.6. The van der Waals surface area contributed by atoms with E-state index in [9.17, 15) is 4.79 Å². The van der Waals surface area contributed by atoms with Crippen molar-refractivity contribution in [3.05, 3.63) is 75.2 Å². The maximum absolute atomic E-state index is 12.5. The molecular weight excluding hydrogens is 326 g/mol. The fraction of sp³-hybridized carbons (Fsp3) is 0.118. The van der Waals surface area contributed by atoms with Crippen LogP contribution in [0.4, 0.5) is 0 Å². The Morgan fingerprint density at radius 2 is 2.08 bits per heavy atom. The summed E-state index contributed by atoms with van der Waals surface area (Å²) in [6.07, 6.45) is 2.78. The van der Waals surface area contributed by atoms with E-state index in [-0.39, 0.29) is 11.5 Å². The van der Waals surface area contributed by atoms with Gasteiger partial charge in [0, 0.05) is 16.8 Å². The lowest BCUT2D eigenvalue weighted by molar-refractivity contribution is 0.874. The average molecular weight is 342 g/mol. The third-order valence-electron chi connectivity index (χ3n) is 3.70. The van der Waals surface area contributed by atoms with Gasteiger partial charge in [-0.3, -0.25) is 20.3 Å². The molecule has 0 aliphatic carbocycles. The molecule has 2 aromatic heterocycles. The summed E-state index contributed by atoms with van der Waals surface area (Å²) in [7, 11) is 0. The summed E-state index contributed by atoms with van der Waals surface area (Å²) < 4.78 is 1.03. The molecule has 0 aliphatic heterocycles. The van der Waals surface area contributed by atoms with Gasteiger partial charge < -0.3 is 5.73 Å². The van der Waals surface area contributed by atoms with Crippen molar-refractivity contribution in [3.8, 4) is 11.4 Å². The summed E-state index contributed by atoms with van der Waals surface area (Å²) >= 11 is 6.00. The molecule has 0 spiro atoms. The van der Waals surface area contributed by atoms with Crippen LogP contribution in [0.3, 0.4) is 0 Å². The number of pyridine rings is 1. The molecule has 0 saturated carbocycles. The number of nitrogens with two attached hydrogens (primary N) is 1. The molecule has 0 bridgehead atoms. The van der Waals surface area contributed by atoms with Crippen molar-refractivity contribution in [3.63, 3.8) is 0 Å². The van der Waals surface area contributed by atoms with Crippen LogP contribution in [0.5, 0.6) is 0 Å². The smallest absolute Gasteiger partial charge is 0.277 e. The number of aromatic amines is 1. The Morgan fingerprint density at radius 1 is 1.25 bits per heavy atom. The van der Waals surface area contributed by atoms with Crippen LogP contribution in [-0.2, 0) is 12.8 Å². The van der Waals surface area contributed by atoms with E-state index in [1.807, 2.05) is 30.3 Å². The Bertz CT molecular complexity index is 930. The summed E-state index contributed by atoms with van der Waals surface area (Å²) in [6, 6.07) is 13.0. The summed E-state index contributed by atoms with van der Waals surface area (Å²) in [6.45, 7) is 0. The van der Waals surface area contributed by atoms with Crippen LogP contribution in [0, 0.1) is 5.41 Å². The zero-order valence-electron chi connectivity index (χ0n) is 12.8. The summed E-state index contributed by atoms with van der Waals surface area (Å²) in [5.74, 6) is -0.355. The highest BCUT2D eigenvalue weighted by Crippen LogP contribution is 2.19. The van der Waals surface area contributed by atoms with Gasteiger partial charge in [-0.15, -0.1) is 0 Å². The maximum atomic E-state index is 12.5. The largest absolute Gasteiger partial charge is 0.368 e. The van der Waals surface area contributed by atoms with E-state index in [1.165, 1.54) is 0 Å². The molecule has 6 nitrogen and oxygen atoms in total. The lowest BCUT2D eigenvalue weighted by Gasteiger charge is -2.03. The topological polar surface area (TPSA) is 101 Å². The standard InChI is InChI=1S/C17H16ClN5O/c18-12-5-3-4-11(10-12)7-8-13-15(14-6-1-2-9-21-14)22-23(16(13)24)17(19)20/h1-6,9-10,22H,7-8H2,(H3,19,20). The van der Waals surface area contributed by atoms with Crippen LogP contribution in [0.2, 0.25) is 5.02 Å². The van der Waals surface area contributed by atoms with Crippen molar-refractivity contribution >= 4 is 17.6 Å². The van der Waals surface area contributed by atoms with E-state index in [0.29, 0.717) is 34.8 Å². The second kappa shape index (κ2) is 6.72. The van der Waals surface area contributed by atoms with Crippen molar-refractivity contribution in [2.45, 2.75) is 12.8 Å². The minimum absolute atomic E-state index is 0.329. The third kappa shape index (κ3) is 3.23. The highest BCUT2D eigenvalue weighted by Gasteiger charge is 2.17. The SMILES string of the molecule is N=C(N)n1[nH]c(-c2ccccn2)c(CCc2cccc(Cl)c2)c1=O. The second-order valence-electron chi connectivity index (χ2n) is 5.34. The molecular formula is C17H16ClN5O. The average Bonchev–Trinajstić information content (AvgIpc) is 2.91. The maximum Gasteiger partial charge on any atom is 0.277 e. The van der Waals surface area contributed by atoms with Crippen molar-refractivity contribution in [2.24, 2.45) is 5.73 Å². The molecule has 4 N–H and O–H groups in total. The number of rotatable bonds is 4. The van der Waals surface area contributed by atoms with Gasteiger partial charge in [0.05, 0.1) is 11.4 Å². The number of aryl methyl sites for hydroxylation is 1. The van der Waals surface area contributed by atoms with Gasteiger partial charge in [0.1, 0.15) is 0 Å². The van der Waals surface area contributed by atoms with Crippen LogP contribution < -0.4 is 11.3 Å². The number of hydrogen-bond donors (Lipinski definition) is 3. The van der Waals surface area contributed by atoms with Gasteiger partial charge >= 0.3 is 0 Å². The molecule has 0 unspecified atom stereocenters. The second-order valence-corrected chi connectivity index (χ2v) is 5.77. The van der Waals surface area contributed by atoms with Crippen molar-refractivity contribution < 1.29 is 0 Å². The summed E-state index contributed by atoms with van der Waals surface area (Å²) in [5.41, 5.74) is 7.94. The van der Waals surface area contributed by atoms with E-state index in [2.05, 4.69) is 10.1 Å². The summed E-state index contributed by atoms with van der Waals surface area (Å²) in [5, 5.41) is 11.1. The normalized spacial score (nSPS) is 10.7. The molecule has 0 aliphatic rings. The molecule has 0 saturated heterocycles. The Morgan fingerprint density at radius 3 is 2.75 bits per heavy atom. The van der Waals surface area contributed by atoms with E-state index in [1.54, 1.807) is 18.3 Å². The number of nitrogens with zero attached hydrogens (tertiary/aromatic N) is 2. The van der Waals surface area contributed by atoms with Gasteiger partial charge in [-0.1, -0.05) is 29.8 Å². The fourth-order valence-corrected chi connectivity index (χ4v) is 2.77. The number of hydrogen-bond acceptors (Lipinski definition) is 3. The molecule has 0 radical (unpaired) electrons. The molecule has 24 heavy (non-hydrogen) atoms. The molecule has 0 atom stereocenters. The van der Waals surface area contributed by atoms with Gasteiger partial charge in [-0.2, -0.15) is 4.68 Å². The molecule has 7 heteroatoms. The van der Waals surface area contributed by atoms with Crippen molar-refractivity contribution in [1.29, 1.82) is 5.41 Å². The molecule has 3 aromatic rings. The Kier molecular flexibility index (Phi) is 4.48.